The monoisotopic (exact) mass is 421 g/mol. The van der Waals surface area contributed by atoms with Gasteiger partial charge in [0.05, 0.1) is 16.4 Å². The van der Waals surface area contributed by atoms with Gasteiger partial charge < -0.3 is 10.6 Å². The van der Waals surface area contributed by atoms with E-state index in [9.17, 15) is 27.6 Å². The number of amides is 2. The molecule has 4 N–H and O–H groups in total. The number of aromatic nitrogens is 2. The molecule has 11 nitrogen and oxygen atoms in total. The van der Waals surface area contributed by atoms with Gasteiger partial charge in [0, 0.05) is 27.1 Å². The van der Waals surface area contributed by atoms with E-state index in [0.29, 0.717) is 5.56 Å². The van der Waals surface area contributed by atoms with E-state index < -0.39 is 39.0 Å². The Bertz CT molecular complexity index is 1230. The molecule has 0 bridgehead atoms. The number of hydrogen-bond donors (Lipinski definition) is 3. The van der Waals surface area contributed by atoms with Crippen LogP contribution in [-0.4, -0.2) is 29.4 Å². The largest absolute Gasteiger partial charge is 0.352 e. The van der Waals surface area contributed by atoms with Crippen LogP contribution in [0.15, 0.2) is 38.8 Å². The van der Waals surface area contributed by atoms with Crippen molar-refractivity contribution in [3.05, 3.63) is 56.2 Å². The summed E-state index contributed by atoms with van der Waals surface area (Å²) in [5, 5.41) is 10.1. The molecule has 2 heterocycles. The lowest BCUT2D eigenvalue weighted by Crippen LogP contribution is -2.39. The van der Waals surface area contributed by atoms with E-state index in [1.165, 1.54) is 38.4 Å². The lowest BCUT2D eigenvalue weighted by atomic mass is 9.99. The smallest absolute Gasteiger partial charge is 0.332 e. The molecule has 0 fully saturated rings. The molecule has 0 unspecified atom stereocenters. The fourth-order valence-electron chi connectivity index (χ4n) is 3.12. The molecule has 1 aliphatic rings. The van der Waals surface area contributed by atoms with Crippen molar-refractivity contribution in [3.63, 3.8) is 0 Å². The standard InChI is InChI=1S/C17H19N5O6S/c1-21-14-13(16(25)22(2)17(21)26)11(15(24)20-14)7-12(23)19-8-9-3-5-10(6-4-9)29(18,27)28/h3-6,11H,7-8H2,1-2H3,(H,19,23)(H,20,24)(H2,18,27,28)/t11-/m1/s1. The summed E-state index contributed by atoms with van der Waals surface area (Å²) in [6, 6.07) is 5.65. The molecular formula is C17H19N5O6S. The summed E-state index contributed by atoms with van der Waals surface area (Å²) in [5.74, 6) is -1.94. The predicted molar refractivity (Wildman–Crippen MR) is 103 cm³/mol. The number of anilines is 1. The van der Waals surface area contributed by atoms with Crippen LogP contribution < -0.4 is 27.0 Å². The molecule has 29 heavy (non-hydrogen) atoms. The highest BCUT2D eigenvalue weighted by molar-refractivity contribution is 7.89. The van der Waals surface area contributed by atoms with Gasteiger partial charge in [-0.2, -0.15) is 0 Å². The van der Waals surface area contributed by atoms with E-state index in [0.717, 1.165) is 9.13 Å². The number of hydrogen-bond acceptors (Lipinski definition) is 6. The molecule has 2 aromatic rings. The van der Waals surface area contributed by atoms with Crippen LogP contribution in [0.5, 0.6) is 0 Å². The van der Waals surface area contributed by atoms with Gasteiger partial charge in [0.2, 0.25) is 21.8 Å². The molecule has 0 aliphatic carbocycles. The maximum Gasteiger partial charge on any atom is 0.332 e. The molecule has 3 rings (SSSR count). The highest BCUT2D eigenvalue weighted by atomic mass is 32.2. The molecule has 1 aromatic heterocycles. The zero-order valence-electron chi connectivity index (χ0n) is 15.6. The lowest BCUT2D eigenvalue weighted by Gasteiger charge is -2.11. The van der Waals surface area contributed by atoms with Gasteiger partial charge in [0.1, 0.15) is 5.82 Å². The molecule has 154 valence electrons. The molecule has 1 atom stereocenters. The van der Waals surface area contributed by atoms with Crippen LogP contribution in [0.1, 0.15) is 23.5 Å². The van der Waals surface area contributed by atoms with Crippen LogP contribution in [0.4, 0.5) is 5.82 Å². The number of primary sulfonamides is 1. The van der Waals surface area contributed by atoms with Crippen molar-refractivity contribution >= 4 is 27.7 Å². The summed E-state index contributed by atoms with van der Waals surface area (Å²) < 4.78 is 24.5. The van der Waals surface area contributed by atoms with Crippen molar-refractivity contribution in [2.45, 2.75) is 23.8 Å². The summed E-state index contributed by atoms with van der Waals surface area (Å²) in [5.41, 5.74) is -0.507. The molecule has 1 aliphatic heterocycles. The molecule has 0 radical (unpaired) electrons. The zero-order chi connectivity index (χ0) is 21.5. The summed E-state index contributed by atoms with van der Waals surface area (Å²) in [6.45, 7) is 0.0935. The average Bonchev–Trinajstić information content (AvgIpc) is 2.99. The van der Waals surface area contributed by atoms with Crippen molar-refractivity contribution in [3.8, 4) is 0 Å². The minimum absolute atomic E-state index is 0.0479. The van der Waals surface area contributed by atoms with Gasteiger partial charge in [-0.1, -0.05) is 12.1 Å². The second-order valence-electron chi connectivity index (χ2n) is 6.68. The Morgan fingerprint density at radius 3 is 2.34 bits per heavy atom. The minimum atomic E-state index is -3.80. The number of rotatable bonds is 5. The fraction of sp³-hybridized carbons (Fsp3) is 0.294. The van der Waals surface area contributed by atoms with Crippen LogP contribution in [0.2, 0.25) is 0 Å². The van der Waals surface area contributed by atoms with Crippen LogP contribution in [0.25, 0.3) is 0 Å². The van der Waals surface area contributed by atoms with E-state index in [-0.39, 0.29) is 29.2 Å². The lowest BCUT2D eigenvalue weighted by molar-refractivity contribution is -0.125. The average molecular weight is 421 g/mol. The van der Waals surface area contributed by atoms with Crippen molar-refractivity contribution in [1.29, 1.82) is 0 Å². The third-order valence-electron chi connectivity index (χ3n) is 4.74. The van der Waals surface area contributed by atoms with Crippen LogP contribution in [-0.2, 0) is 40.3 Å². The van der Waals surface area contributed by atoms with E-state index in [2.05, 4.69) is 10.6 Å². The third-order valence-corrected chi connectivity index (χ3v) is 5.67. The van der Waals surface area contributed by atoms with E-state index in [4.69, 9.17) is 5.14 Å². The third kappa shape index (κ3) is 3.84. The Morgan fingerprint density at radius 1 is 1.14 bits per heavy atom. The number of carbonyl (C=O) groups excluding carboxylic acids is 2. The van der Waals surface area contributed by atoms with Crippen molar-refractivity contribution in [1.82, 2.24) is 14.5 Å². The molecule has 1 aromatic carbocycles. The maximum atomic E-state index is 12.4. The molecule has 0 saturated heterocycles. The van der Waals surface area contributed by atoms with E-state index in [1.807, 2.05) is 0 Å². The van der Waals surface area contributed by atoms with E-state index >= 15 is 0 Å². The number of sulfonamides is 1. The number of nitrogens with zero attached hydrogens (tertiary/aromatic N) is 2. The van der Waals surface area contributed by atoms with Crippen molar-refractivity contribution in [2.24, 2.45) is 19.2 Å². The van der Waals surface area contributed by atoms with Crippen LogP contribution >= 0.6 is 0 Å². The Hall–Kier alpha value is -3.25. The number of carbonyl (C=O) groups is 2. The van der Waals surface area contributed by atoms with Crippen LogP contribution in [0, 0.1) is 0 Å². The second kappa shape index (κ2) is 7.29. The normalized spacial score (nSPS) is 15.7. The molecule has 0 spiro atoms. The Balaban J connectivity index is 1.74. The molecular weight excluding hydrogens is 402 g/mol. The maximum absolute atomic E-state index is 12.4. The highest BCUT2D eigenvalue weighted by Crippen LogP contribution is 2.30. The molecule has 0 saturated carbocycles. The Morgan fingerprint density at radius 2 is 1.76 bits per heavy atom. The summed E-state index contributed by atoms with van der Waals surface area (Å²) >= 11 is 0. The highest BCUT2D eigenvalue weighted by Gasteiger charge is 2.37. The van der Waals surface area contributed by atoms with Crippen LogP contribution in [0.3, 0.4) is 0 Å². The second-order valence-corrected chi connectivity index (χ2v) is 8.24. The van der Waals surface area contributed by atoms with Gasteiger partial charge in [-0.05, 0) is 17.7 Å². The molecule has 2 amide bonds. The summed E-state index contributed by atoms with van der Waals surface area (Å²) in [7, 11) is -1.08. The van der Waals surface area contributed by atoms with Gasteiger partial charge >= 0.3 is 5.69 Å². The predicted octanol–water partition coefficient (Wildman–Crippen LogP) is -1.53. The molecule has 12 heteroatoms. The van der Waals surface area contributed by atoms with Gasteiger partial charge in [0.15, 0.2) is 0 Å². The van der Waals surface area contributed by atoms with E-state index in [1.54, 1.807) is 0 Å². The first-order valence-electron chi connectivity index (χ1n) is 8.50. The Kier molecular flexibility index (Phi) is 5.15. The fourth-order valence-corrected chi connectivity index (χ4v) is 3.64. The first-order valence-corrected chi connectivity index (χ1v) is 10.0. The van der Waals surface area contributed by atoms with Crippen molar-refractivity contribution in [2.75, 3.05) is 5.32 Å². The summed E-state index contributed by atoms with van der Waals surface area (Å²) in [4.78, 5) is 49.0. The van der Waals surface area contributed by atoms with Gasteiger partial charge in [-0.25, -0.2) is 18.4 Å². The quantitative estimate of drug-likeness (QED) is 0.531. The first kappa shape index (κ1) is 20.5. The topological polar surface area (TPSA) is 162 Å². The Labute approximate surface area is 165 Å². The SMILES string of the molecule is Cn1c2c(c(=O)n(C)c1=O)[C@@H](CC(=O)NCc1ccc(S(N)(=O)=O)cc1)C(=O)N2. The van der Waals surface area contributed by atoms with Gasteiger partial charge in [-0.15, -0.1) is 0 Å². The first-order chi connectivity index (χ1) is 13.5. The minimum Gasteiger partial charge on any atom is -0.352 e. The number of nitrogens with one attached hydrogen (secondary N) is 2. The number of fused-ring (bicyclic) bond motifs is 1. The van der Waals surface area contributed by atoms with Gasteiger partial charge in [0.25, 0.3) is 5.56 Å². The summed E-state index contributed by atoms with van der Waals surface area (Å²) in [6.07, 6.45) is -0.276. The zero-order valence-corrected chi connectivity index (χ0v) is 16.4. The number of nitrogens with two attached hydrogens (primary N) is 1. The van der Waals surface area contributed by atoms with Crippen molar-refractivity contribution < 1.29 is 18.0 Å². The van der Waals surface area contributed by atoms with Gasteiger partial charge in [-0.3, -0.25) is 23.5 Å². The number of benzene rings is 1.